The fraction of sp³-hybridized carbons (Fsp3) is 0.850. The van der Waals surface area contributed by atoms with Crippen LogP contribution in [-0.4, -0.2) is 4.86 Å². The van der Waals surface area contributed by atoms with Crippen LogP contribution in [-0.2, 0) is 0 Å². The molecule has 0 amide bonds. The topological polar surface area (TPSA) is 0 Å². The summed E-state index contributed by atoms with van der Waals surface area (Å²) in [6.07, 6.45) is 28.1. The number of thiocarbonyl (C=S) groups is 1. The fourth-order valence-electron chi connectivity index (χ4n) is 3.11. The molecule has 1 fully saturated rings. The second kappa shape index (κ2) is 15.0. The lowest BCUT2D eigenvalue weighted by molar-refractivity contribution is 0.566. The molecule has 2 radical (unpaired) electrons. The Balaban J connectivity index is 2.09. The molecule has 122 valence electrons. The van der Waals surface area contributed by atoms with Gasteiger partial charge in [0.2, 0.25) is 0 Å². The van der Waals surface area contributed by atoms with Crippen molar-refractivity contribution < 1.29 is 0 Å². The van der Waals surface area contributed by atoms with Gasteiger partial charge in [0.05, 0.1) is 0 Å². The Labute approximate surface area is 139 Å². The first-order valence-corrected chi connectivity index (χ1v) is 9.95. The first-order chi connectivity index (χ1) is 10.4. The van der Waals surface area contributed by atoms with Gasteiger partial charge in [-0.05, 0) is 43.4 Å². The molecule has 1 rings (SSSR count). The van der Waals surface area contributed by atoms with Crippen molar-refractivity contribution in [3.63, 3.8) is 0 Å². The quantitative estimate of drug-likeness (QED) is 0.420. The van der Waals surface area contributed by atoms with Crippen LogP contribution in [0.25, 0.3) is 0 Å². The van der Waals surface area contributed by atoms with Gasteiger partial charge in [0, 0.05) is 0 Å². The number of hydrogen-bond acceptors (Lipinski definition) is 1. The van der Waals surface area contributed by atoms with E-state index in [2.05, 4.69) is 12.8 Å². The van der Waals surface area contributed by atoms with Gasteiger partial charge in [0.15, 0.2) is 0 Å². The molecule has 0 unspecified atom stereocenters. The number of hydrogen-bond donors (Lipinski definition) is 0. The normalized spacial score (nSPS) is 23.5. The van der Waals surface area contributed by atoms with Crippen LogP contribution in [0.3, 0.4) is 0 Å². The molecule has 0 N–H and O–H groups in total. The Morgan fingerprint density at radius 1 is 0.524 bits per heavy atom. The van der Waals surface area contributed by atoms with E-state index in [4.69, 9.17) is 12.2 Å². The minimum atomic E-state index is 1.09. The van der Waals surface area contributed by atoms with Gasteiger partial charge in [-0.2, -0.15) is 0 Å². The lowest BCUT2D eigenvalue weighted by atomic mass is 10.0. The van der Waals surface area contributed by atoms with Crippen molar-refractivity contribution in [3.05, 3.63) is 12.8 Å². The summed E-state index contributed by atoms with van der Waals surface area (Å²) >= 11 is 5.48. The molecular weight excluding hydrogens is 272 g/mol. The molecule has 0 aromatic rings. The molecule has 0 aromatic heterocycles. The molecular formula is C20H36S. The molecule has 1 aliphatic carbocycles. The van der Waals surface area contributed by atoms with Gasteiger partial charge >= 0.3 is 0 Å². The van der Waals surface area contributed by atoms with Gasteiger partial charge < -0.3 is 0 Å². The first-order valence-electron chi connectivity index (χ1n) is 9.54. The van der Waals surface area contributed by atoms with Crippen molar-refractivity contribution in [2.75, 3.05) is 0 Å². The Kier molecular flexibility index (Phi) is 13.7. The van der Waals surface area contributed by atoms with Crippen LogP contribution in [0.2, 0.25) is 0 Å². The summed E-state index contributed by atoms with van der Waals surface area (Å²) in [5.74, 6) is 0. The second-order valence-corrected chi connectivity index (χ2v) is 7.26. The SMILES string of the molecule is S=C1C[CH]CCCCCCCCC[CH]CCCCCCC1. The molecule has 0 bridgehead atoms. The summed E-state index contributed by atoms with van der Waals surface area (Å²) in [5.41, 5.74) is 0. The average molecular weight is 309 g/mol. The summed E-state index contributed by atoms with van der Waals surface area (Å²) in [4.78, 5) is 1.29. The minimum Gasteiger partial charge on any atom is -0.0897 e. The fourth-order valence-corrected chi connectivity index (χ4v) is 3.37. The van der Waals surface area contributed by atoms with E-state index in [1.807, 2.05) is 0 Å². The molecule has 0 aliphatic heterocycles. The van der Waals surface area contributed by atoms with E-state index in [1.165, 1.54) is 108 Å². The van der Waals surface area contributed by atoms with Crippen LogP contribution >= 0.6 is 12.2 Å². The second-order valence-electron chi connectivity index (χ2n) is 6.68. The Morgan fingerprint density at radius 2 is 0.952 bits per heavy atom. The van der Waals surface area contributed by atoms with Crippen LogP contribution in [0.1, 0.15) is 109 Å². The van der Waals surface area contributed by atoms with Crippen LogP contribution in [0.5, 0.6) is 0 Å². The van der Waals surface area contributed by atoms with Crippen LogP contribution in [0.15, 0.2) is 0 Å². The van der Waals surface area contributed by atoms with Gasteiger partial charge in [-0.25, -0.2) is 0 Å². The molecule has 1 aliphatic rings. The predicted molar refractivity (Wildman–Crippen MR) is 99.7 cm³/mol. The van der Waals surface area contributed by atoms with Crippen LogP contribution in [0.4, 0.5) is 0 Å². The summed E-state index contributed by atoms with van der Waals surface area (Å²) in [6, 6.07) is 0. The lowest BCUT2D eigenvalue weighted by Crippen LogP contribution is -1.95. The summed E-state index contributed by atoms with van der Waals surface area (Å²) in [6.45, 7) is 0. The Morgan fingerprint density at radius 3 is 1.52 bits per heavy atom. The summed E-state index contributed by atoms with van der Waals surface area (Å²) < 4.78 is 0. The van der Waals surface area contributed by atoms with Gasteiger partial charge in [0.25, 0.3) is 0 Å². The molecule has 0 saturated heterocycles. The van der Waals surface area contributed by atoms with E-state index in [0.29, 0.717) is 0 Å². The molecule has 1 heteroatoms. The molecule has 0 aromatic carbocycles. The third kappa shape index (κ3) is 13.5. The summed E-state index contributed by atoms with van der Waals surface area (Å²) in [5, 5.41) is 0. The third-order valence-corrected chi connectivity index (χ3v) is 4.92. The third-order valence-electron chi connectivity index (χ3n) is 4.55. The maximum Gasteiger partial charge on any atom is -0.00686 e. The molecule has 0 spiro atoms. The van der Waals surface area contributed by atoms with Gasteiger partial charge in [0.1, 0.15) is 0 Å². The zero-order chi connectivity index (χ0) is 15.0. The van der Waals surface area contributed by atoms with E-state index in [1.54, 1.807) is 0 Å². The van der Waals surface area contributed by atoms with Crippen LogP contribution < -0.4 is 0 Å². The molecule has 0 atom stereocenters. The largest absolute Gasteiger partial charge is 0.0897 e. The maximum atomic E-state index is 5.48. The lowest BCUT2D eigenvalue weighted by Gasteiger charge is -2.06. The van der Waals surface area contributed by atoms with Crippen molar-refractivity contribution in [1.29, 1.82) is 0 Å². The van der Waals surface area contributed by atoms with Crippen molar-refractivity contribution in [1.82, 2.24) is 0 Å². The van der Waals surface area contributed by atoms with E-state index >= 15 is 0 Å². The average Bonchev–Trinajstić information content (AvgIpc) is 2.48. The number of rotatable bonds is 0. The Bertz CT molecular complexity index is 212. The smallest absolute Gasteiger partial charge is 0.00686 e. The van der Waals surface area contributed by atoms with Gasteiger partial charge in [-0.3, -0.25) is 0 Å². The highest BCUT2D eigenvalue weighted by Crippen LogP contribution is 2.15. The van der Waals surface area contributed by atoms with E-state index in [0.717, 1.165) is 6.42 Å². The highest BCUT2D eigenvalue weighted by atomic mass is 32.1. The zero-order valence-corrected chi connectivity index (χ0v) is 14.9. The van der Waals surface area contributed by atoms with Crippen molar-refractivity contribution in [2.24, 2.45) is 0 Å². The minimum absolute atomic E-state index is 1.09. The Hall–Kier alpha value is 0.0900. The van der Waals surface area contributed by atoms with Crippen LogP contribution in [0, 0.1) is 12.8 Å². The van der Waals surface area contributed by atoms with E-state index < -0.39 is 0 Å². The summed E-state index contributed by atoms with van der Waals surface area (Å²) in [7, 11) is 0. The molecule has 0 nitrogen and oxygen atoms in total. The maximum absolute atomic E-state index is 5.48. The zero-order valence-electron chi connectivity index (χ0n) is 14.1. The van der Waals surface area contributed by atoms with E-state index in [-0.39, 0.29) is 0 Å². The first kappa shape index (κ1) is 19.1. The van der Waals surface area contributed by atoms with E-state index in [9.17, 15) is 0 Å². The predicted octanol–water partition coefficient (Wildman–Crippen LogP) is 7.41. The monoisotopic (exact) mass is 308 g/mol. The molecule has 21 heavy (non-hydrogen) atoms. The standard InChI is InChI=1S/C20H36S/c21-20-18-16-14-12-10-8-6-4-2-1-3-5-7-9-11-13-15-17-19-20/h4,17H,1-3,5-16,18-19H2. The highest BCUT2D eigenvalue weighted by Gasteiger charge is 2.00. The van der Waals surface area contributed by atoms with Crippen molar-refractivity contribution in [3.8, 4) is 0 Å². The van der Waals surface area contributed by atoms with Crippen molar-refractivity contribution in [2.45, 2.75) is 109 Å². The molecule has 0 heterocycles. The molecule has 1 saturated carbocycles. The van der Waals surface area contributed by atoms with Crippen molar-refractivity contribution >= 4 is 17.1 Å². The van der Waals surface area contributed by atoms with Gasteiger partial charge in [-0.15, -0.1) is 0 Å². The highest BCUT2D eigenvalue weighted by molar-refractivity contribution is 7.80. The van der Waals surface area contributed by atoms with Gasteiger partial charge in [-0.1, -0.05) is 95.7 Å².